The average molecular weight is 277 g/mol. The fourth-order valence-corrected chi connectivity index (χ4v) is 3.19. The van der Waals surface area contributed by atoms with Crippen molar-refractivity contribution in [1.82, 2.24) is 14.8 Å². The number of likely N-dealkylation sites (N-methyl/N-ethyl adjacent to an activating group) is 1. The number of likely N-dealkylation sites (tertiary alicyclic amines) is 1. The molecule has 110 valence electrons. The second-order valence-corrected chi connectivity index (χ2v) is 5.78. The van der Waals surface area contributed by atoms with Crippen LogP contribution in [0.3, 0.4) is 0 Å². The van der Waals surface area contributed by atoms with Gasteiger partial charge in [0.15, 0.2) is 0 Å². The van der Waals surface area contributed by atoms with Crippen LogP contribution in [0.5, 0.6) is 0 Å². The molecule has 0 aliphatic carbocycles. The number of ether oxygens (including phenoxy) is 1. The van der Waals surface area contributed by atoms with Crippen LogP contribution in [0, 0.1) is 0 Å². The fraction of sp³-hybridized carbons (Fsp3) is 0.667. The van der Waals surface area contributed by atoms with E-state index in [-0.39, 0.29) is 5.91 Å². The van der Waals surface area contributed by atoms with E-state index < -0.39 is 0 Å². The van der Waals surface area contributed by atoms with Crippen LogP contribution in [0.25, 0.3) is 0 Å². The van der Waals surface area contributed by atoms with Gasteiger partial charge >= 0.3 is 0 Å². The van der Waals surface area contributed by atoms with Gasteiger partial charge in [-0.3, -0.25) is 9.69 Å². The largest absolute Gasteiger partial charge is 0.375 e. The number of fused-ring (bicyclic) bond motifs is 1. The number of hydrogen-bond donors (Lipinski definition) is 1. The fourth-order valence-electron chi connectivity index (χ4n) is 3.19. The summed E-state index contributed by atoms with van der Waals surface area (Å²) in [4.78, 5) is 19.8. The number of aryl methyl sites for hydroxylation is 1. The molecule has 3 rings (SSSR count). The number of hydrogen-bond acceptors (Lipinski definition) is 3. The third-order valence-corrected chi connectivity index (χ3v) is 4.49. The maximum absolute atomic E-state index is 12.3. The minimum atomic E-state index is 0.261. The van der Waals surface area contributed by atoms with E-state index in [1.54, 1.807) is 0 Å². The molecule has 0 radical (unpaired) electrons. The molecule has 5 nitrogen and oxygen atoms in total. The number of aromatic nitrogens is 1. The normalized spacial score (nSPS) is 27.4. The van der Waals surface area contributed by atoms with Gasteiger partial charge in [0.2, 0.25) is 5.91 Å². The molecule has 2 fully saturated rings. The standard InChI is InChI=1S/C15H23N3O2/c1-17-9-10-20-14-6-8-18(11-13(14)17)15(19)5-4-12-3-2-7-16-12/h2-3,7,13-14,16H,4-6,8-11H2,1H3/t13-,14?/m0/s1. The Morgan fingerprint density at radius 3 is 3.20 bits per heavy atom. The van der Waals surface area contributed by atoms with Crippen LogP contribution < -0.4 is 0 Å². The Balaban J connectivity index is 1.53. The first-order chi connectivity index (χ1) is 9.74. The summed E-state index contributed by atoms with van der Waals surface area (Å²) in [6, 6.07) is 4.37. The van der Waals surface area contributed by atoms with Crippen LogP contribution in [0.2, 0.25) is 0 Å². The highest BCUT2D eigenvalue weighted by Crippen LogP contribution is 2.22. The zero-order valence-corrected chi connectivity index (χ0v) is 12.0. The third-order valence-electron chi connectivity index (χ3n) is 4.49. The lowest BCUT2D eigenvalue weighted by molar-refractivity contribution is -0.141. The van der Waals surface area contributed by atoms with Crippen molar-refractivity contribution >= 4 is 5.91 Å². The van der Waals surface area contributed by atoms with Crippen molar-refractivity contribution in [1.29, 1.82) is 0 Å². The average Bonchev–Trinajstić information content (AvgIpc) is 2.98. The molecule has 2 atom stereocenters. The van der Waals surface area contributed by atoms with Crippen molar-refractivity contribution in [3.8, 4) is 0 Å². The zero-order chi connectivity index (χ0) is 13.9. The number of piperidine rings is 1. The molecular weight excluding hydrogens is 254 g/mol. The second kappa shape index (κ2) is 5.97. The van der Waals surface area contributed by atoms with Gasteiger partial charge in [0.1, 0.15) is 0 Å². The Labute approximate surface area is 119 Å². The number of nitrogens with zero attached hydrogens (tertiary/aromatic N) is 2. The number of carbonyl (C=O) groups is 1. The summed E-state index contributed by atoms with van der Waals surface area (Å²) >= 11 is 0. The molecule has 1 amide bonds. The minimum Gasteiger partial charge on any atom is -0.375 e. The number of amides is 1. The summed E-state index contributed by atoms with van der Waals surface area (Å²) in [6.07, 6.45) is 4.55. The first-order valence-electron chi connectivity index (χ1n) is 7.46. The molecule has 2 aliphatic rings. The molecular formula is C15H23N3O2. The molecule has 1 aromatic heterocycles. The molecule has 1 unspecified atom stereocenters. The lowest BCUT2D eigenvalue weighted by Gasteiger charge is -2.45. The molecule has 2 aliphatic heterocycles. The first-order valence-corrected chi connectivity index (χ1v) is 7.46. The number of morpholine rings is 1. The van der Waals surface area contributed by atoms with Crippen LogP contribution in [0.1, 0.15) is 18.5 Å². The number of carbonyl (C=O) groups excluding carboxylic acids is 1. The number of H-pyrrole nitrogens is 1. The van der Waals surface area contributed by atoms with Gasteiger partial charge in [-0.2, -0.15) is 0 Å². The van der Waals surface area contributed by atoms with Crippen molar-refractivity contribution in [2.45, 2.75) is 31.4 Å². The van der Waals surface area contributed by atoms with Crippen molar-refractivity contribution in [3.63, 3.8) is 0 Å². The molecule has 0 spiro atoms. The molecule has 0 aromatic carbocycles. The summed E-state index contributed by atoms with van der Waals surface area (Å²) in [5.74, 6) is 0.261. The quantitative estimate of drug-likeness (QED) is 0.892. The van der Waals surface area contributed by atoms with E-state index in [4.69, 9.17) is 4.74 Å². The Morgan fingerprint density at radius 2 is 2.40 bits per heavy atom. The second-order valence-electron chi connectivity index (χ2n) is 5.78. The lowest BCUT2D eigenvalue weighted by Crippen LogP contribution is -2.59. The Kier molecular flexibility index (Phi) is 4.08. The lowest BCUT2D eigenvalue weighted by atomic mass is 9.98. The van der Waals surface area contributed by atoms with Gasteiger partial charge in [-0.1, -0.05) is 0 Å². The van der Waals surface area contributed by atoms with Gasteiger partial charge in [0.05, 0.1) is 18.8 Å². The monoisotopic (exact) mass is 277 g/mol. The highest BCUT2D eigenvalue weighted by atomic mass is 16.5. The van der Waals surface area contributed by atoms with E-state index >= 15 is 0 Å². The van der Waals surface area contributed by atoms with Crippen molar-refractivity contribution in [2.24, 2.45) is 0 Å². The van der Waals surface area contributed by atoms with Crippen molar-refractivity contribution in [3.05, 3.63) is 24.0 Å². The summed E-state index contributed by atoms with van der Waals surface area (Å²) in [6.45, 7) is 3.42. The zero-order valence-electron chi connectivity index (χ0n) is 12.0. The summed E-state index contributed by atoms with van der Waals surface area (Å²) in [5, 5.41) is 0. The molecule has 1 N–H and O–H groups in total. The van der Waals surface area contributed by atoms with Gasteiger partial charge in [0, 0.05) is 37.9 Å². The van der Waals surface area contributed by atoms with Gasteiger partial charge in [-0.25, -0.2) is 0 Å². The topological polar surface area (TPSA) is 48.6 Å². The highest BCUT2D eigenvalue weighted by Gasteiger charge is 2.36. The summed E-state index contributed by atoms with van der Waals surface area (Å²) in [7, 11) is 2.13. The predicted molar refractivity (Wildman–Crippen MR) is 76.5 cm³/mol. The van der Waals surface area contributed by atoms with E-state index in [0.29, 0.717) is 18.6 Å². The maximum Gasteiger partial charge on any atom is 0.223 e. The van der Waals surface area contributed by atoms with Crippen LogP contribution >= 0.6 is 0 Å². The minimum absolute atomic E-state index is 0.261. The first kappa shape index (κ1) is 13.6. The molecule has 2 saturated heterocycles. The predicted octanol–water partition coefficient (Wildman–Crippen LogP) is 0.879. The molecule has 3 heterocycles. The Bertz CT molecular complexity index is 446. The van der Waals surface area contributed by atoms with Crippen molar-refractivity contribution in [2.75, 3.05) is 33.3 Å². The van der Waals surface area contributed by atoms with Crippen LogP contribution in [0.4, 0.5) is 0 Å². The van der Waals surface area contributed by atoms with Gasteiger partial charge in [-0.15, -0.1) is 0 Å². The van der Waals surface area contributed by atoms with Crippen LogP contribution in [0.15, 0.2) is 18.3 Å². The van der Waals surface area contributed by atoms with E-state index in [1.807, 2.05) is 23.2 Å². The molecule has 1 aromatic rings. The molecule has 0 bridgehead atoms. The van der Waals surface area contributed by atoms with E-state index in [9.17, 15) is 4.79 Å². The van der Waals surface area contributed by atoms with E-state index in [2.05, 4.69) is 16.9 Å². The molecule has 5 heteroatoms. The number of aromatic amines is 1. The van der Waals surface area contributed by atoms with E-state index in [0.717, 1.165) is 44.8 Å². The smallest absolute Gasteiger partial charge is 0.223 e. The highest BCUT2D eigenvalue weighted by molar-refractivity contribution is 5.76. The molecule has 20 heavy (non-hydrogen) atoms. The Hall–Kier alpha value is -1.33. The SMILES string of the molecule is CN1CCOC2CCN(C(=O)CCc3ccc[nH]3)C[C@@H]21. The van der Waals surface area contributed by atoms with Crippen molar-refractivity contribution < 1.29 is 9.53 Å². The molecule has 0 saturated carbocycles. The summed E-state index contributed by atoms with van der Waals surface area (Å²) < 4.78 is 5.81. The van der Waals surface area contributed by atoms with Gasteiger partial charge < -0.3 is 14.6 Å². The maximum atomic E-state index is 12.3. The summed E-state index contributed by atoms with van der Waals surface area (Å²) in [5.41, 5.74) is 1.13. The van der Waals surface area contributed by atoms with Crippen LogP contribution in [-0.4, -0.2) is 66.1 Å². The number of rotatable bonds is 3. The van der Waals surface area contributed by atoms with E-state index in [1.165, 1.54) is 0 Å². The third kappa shape index (κ3) is 2.88. The van der Waals surface area contributed by atoms with Crippen LogP contribution in [-0.2, 0) is 16.0 Å². The Morgan fingerprint density at radius 1 is 1.50 bits per heavy atom. The van der Waals surface area contributed by atoms with Gasteiger partial charge in [-0.05, 0) is 32.0 Å². The van der Waals surface area contributed by atoms with Gasteiger partial charge in [0.25, 0.3) is 0 Å². The number of nitrogens with one attached hydrogen (secondary N) is 1.